The van der Waals surface area contributed by atoms with Crippen molar-refractivity contribution in [3.05, 3.63) is 23.9 Å². The minimum atomic E-state index is -0.168. The molecule has 2 heterocycles. The lowest BCUT2D eigenvalue weighted by molar-refractivity contribution is -0.114. The summed E-state index contributed by atoms with van der Waals surface area (Å²) in [7, 11) is 0. The van der Waals surface area contributed by atoms with Gasteiger partial charge in [-0.25, -0.2) is 4.52 Å². The third kappa shape index (κ3) is 1.44. The molecule has 0 spiro atoms. The van der Waals surface area contributed by atoms with Gasteiger partial charge in [-0.15, -0.1) is 5.10 Å². The number of hydrogen-bond donors (Lipinski definition) is 1. The first kappa shape index (κ1) is 8.68. The number of hydrogen-bond acceptors (Lipinski definition) is 3. The van der Waals surface area contributed by atoms with Crippen LogP contribution < -0.4 is 5.32 Å². The van der Waals surface area contributed by atoms with Gasteiger partial charge >= 0.3 is 0 Å². The molecule has 1 N–H and O–H groups in total. The van der Waals surface area contributed by atoms with Crippen LogP contribution in [0.3, 0.4) is 0 Å². The van der Waals surface area contributed by atoms with Crippen LogP contribution in [-0.2, 0) is 4.79 Å². The van der Waals surface area contributed by atoms with Crippen molar-refractivity contribution in [1.82, 2.24) is 14.6 Å². The predicted molar refractivity (Wildman–Crippen MR) is 52.0 cm³/mol. The van der Waals surface area contributed by atoms with Gasteiger partial charge in [0.2, 0.25) is 11.9 Å². The zero-order chi connectivity index (χ0) is 10.1. The van der Waals surface area contributed by atoms with E-state index in [-0.39, 0.29) is 5.91 Å². The Labute approximate surface area is 80.8 Å². The topological polar surface area (TPSA) is 59.3 Å². The van der Waals surface area contributed by atoms with Crippen LogP contribution in [0.4, 0.5) is 5.95 Å². The summed E-state index contributed by atoms with van der Waals surface area (Å²) in [5, 5.41) is 6.63. The summed E-state index contributed by atoms with van der Waals surface area (Å²) in [5.74, 6) is 0.172. The number of pyridine rings is 1. The fourth-order valence-electron chi connectivity index (χ4n) is 1.25. The van der Waals surface area contributed by atoms with Crippen LogP contribution in [0.5, 0.6) is 0 Å². The Morgan fingerprint density at radius 1 is 1.57 bits per heavy atom. The highest BCUT2D eigenvalue weighted by atomic mass is 16.1. The van der Waals surface area contributed by atoms with Crippen LogP contribution in [0.2, 0.25) is 0 Å². The molecule has 0 aliphatic heterocycles. The Kier molecular flexibility index (Phi) is 1.92. The molecule has 0 aliphatic rings. The predicted octanol–water partition coefficient (Wildman–Crippen LogP) is 0.996. The molecule has 0 atom stereocenters. The highest BCUT2D eigenvalue weighted by Gasteiger charge is 2.05. The number of carbonyl (C=O) groups is 1. The summed E-state index contributed by atoms with van der Waals surface area (Å²) in [5.41, 5.74) is 1.79. The van der Waals surface area contributed by atoms with E-state index in [0.29, 0.717) is 5.95 Å². The highest BCUT2D eigenvalue weighted by molar-refractivity contribution is 5.86. The fraction of sp³-hybridized carbons (Fsp3) is 0.222. The highest BCUT2D eigenvalue weighted by Crippen LogP contribution is 2.09. The number of amides is 1. The number of fused-ring (bicyclic) bond motifs is 1. The molecule has 0 saturated carbocycles. The zero-order valence-electron chi connectivity index (χ0n) is 7.98. The van der Waals surface area contributed by atoms with Gasteiger partial charge in [-0.05, 0) is 18.6 Å². The van der Waals surface area contributed by atoms with Crippen molar-refractivity contribution in [3.8, 4) is 0 Å². The molecular formula is C9H10N4O. The monoisotopic (exact) mass is 190 g/mol. The maximum atomic E-state index is 10.8. The average molecular weight is 190 g/mol. The van der Waals surface area contributed by atoms with Crippen LogP contribution in [0.1, 0.15) is 12.5 Å². The van der Waals surface area contributed by atoms with Gasteiger partial charge in [0.15, 0.2) is 5.65 Å². The lowest BCUT2D eigenvalue weighted by Gasteiger charge is -1.91. The minimum Gasteiger partial charge on any atom is -0.293 e. The summed E-state index contributed by atoms with van der Waals surface area (Å²) >= 11 is 0. The van der Waals surface area contributed by atoms with Gasteiger partial charge in [0.1, 0.15) is 0 Å². The van der Waals surface area contributed by atoms with E-state index in [9.17, 15) is 4.79 Å². The summed E-state index contributed by atoms with van der Waals surface area (Å²) in [6, 6.07) is 3.83. The Balaban J connectivity index is 2.51. The van der Waals surface area contributed by atoms with E-state index in [4.69, 9.17) is 0 Å². The molecule has 2 rings (SSSR count). The molecule has 0 aliphatic carbocycles. The van der Waals surface area contributed by atoms with Crippen molar-refractivity contribution in [2.75, 3.05) is 5.32 Å². The smallest absolute Gasteiger partial charge is 0.249 e. The number of anilines is 1. The average Bonchev–Trinajstić information content (AvgIpc) is 2.47. The molecule has 0 aromatic carbocycles. The van der Waals surface area contributed by atoms with Gasteiger partial charge in [0.05, 0.1) is 0 Å². The van der Waals surface area contributed by atoms with Crippen molar-refractivity contribution in [1.29, 1.82) is 0 Å². The summed E-state index contributed by atoms with van der Waals surface area (Å²) in [4.78, 5) is 14.9. The van der Waals surface area contributed by atoms with Crippen molar-refractivity contribution < 1.29 is 4.79 Å². The summed E-state index contributed by atoms with van der Waals surface area (Å²) in [6.07, 6.45) is 1.79. The number of nitrogens with one attached hydrogen (secondary N) is 1. The first-order chi connectivity index (χ1) is 6.66. The quantitative estimate of drug-likeness (QED) is 0.729. The molecular weight excluding hydrogens is 180 g/mol. The second-order valence-corrected chi connectivity index (χ2v) is 3.08. The van der Waals surface area contributed by atoms with Crippen molar-refractivity contribution in [2.45, 2.75) is 13.8 Å². The number of aromatic nitrogens is 3. The molecule has 5 nitrogen and oxygen atoms in total. The van der Waals surface area contributed by atoms with Crippen molar-refractivity contribution in [3.63, 3.8) is 0 Å². The van der Waals surface area contributed by atoms with Crippen LogP contribution in [0, 0.1) is 6.92 Å². The standard InChI is InChI=1S/C9H10N4O/c1-6-4-3-5-13-8(6)11-9(12-13)10-7(2)14/h3-5H,1-2H3,(H,10,12,14). The Hall–Kier alpha value is -1.91. The third-order valence-corrected chi connectivity index (χ3v) is 1.85. The summed E-state index contributed by atoms with van der Waals surface area (Å²) < 4.78 is 1.64. The van der Waals surface area contributed by atoms with Gasteiger partial charge in [-0.3, -0.25) is 10.1 Å². The molecule has 0 radical (unpaired) electrons. The van der Waals surface area contributed by atoms with E-state index < -0.39 is 0 Å². The Bertz CT molecular complexity index is 489. The van der Waals surface area contributed by atoms with Gasteiger partial charge in [-0.2, -0.15) is 4.98 Å². The molecule has 1 amide bonds. The normalized spacial score (nSPS) is 10.4. The van der Waals surface area contributed by atoms with E-state index in [1.807, 2.05) is 19.1 Å². The van der Waals surface area contributed by atoms with Crippen LogP contribution >= 0.6 is 0 Å². The van der Waals surface area contributed by atoms with E-state index in [0.717, 1.165) is 11.2 Å². The van der Waals surface area contributed by atoms with E-state index >= 15 is 0 Å². The third-order valence-electron chi connectivity index (χ3n) is 1.85. The number of nitrogens with zero attached hydrogens (tertiary/aromatic N) is 3. The zero-order valence-corrected chi connectivity index (χ0v) is 7.98. The molecule has 14 heavy (non-hydrogen) atoms. The second-order valence-electron chi connectivity index (χ2n) is 3.08. The lowest BCUT2D eigenvalue weighted by Crippen LogP contribution is -2.07. The first-order valence-corrected chi connectivity index (χ1v) is 4.26. The lowest BCUT2D eigenvalue weighted by atomic mass is 10.3. The van der Waals surface area contributed by atoms with E-state index in [2.05, 4.69) is 15.4 Å². The fourth-order valence-corrected chi connectivity index (χ4v) is 1.25. The largest absolute Gasteiger partial charge is 0.293 e. The molecule has 0 bridgehead atoms. The van der Waals surface area contributed by atoms with Crippen molar-refractivity contribution in [2.24, 2.45) is 0 Å². The molecule has 0 unspecified atom stereocenters. The van der Waals surface area contributed by atoms with Crippen LogP contribution in [-0.4, -0.2) is 20.5 Å². The SMILES string of the molecule is CC(=O)Nc1nc2c(C)cccn2n1. The molecule has 2 aromatic heterocycles. The van der Waals surface area contributed by atoms with Crippen LogP contribution in [0.15, 0.2) is 18.3 Å². The van der Waals surface area contributed by atoms with Gasteiger partial charge in [0, 0.05) is 13.1 Å². The number of carbonyl (C=O) groups excluding carboxylic acids is 1. The van der Waals surface area contributed by atoms with Gasteiger partial charge in [-0.1, -0.05) is 6.07 Å². The van der Waals surface area contributed by atoms with E-state index in [1.165, 1.54) is 6.92 Å². The molecule has 0 fully saturated rings. The van der Waals surface area contributed by atoms with Gasteiger partial charge in [0.25, 0.3) is 0 Å². The second kappa shape index (κ2) is 3.10. The van der Waals surface area contributed by atoms with Crippen molar-refractivity contribution >= 4 is 17.5 Å². The van der Waals surface area contributed by atoms with Gasteiger partial charge < -0.3 is 0 Å². The van der Waals surface area contributed by atoms with Crippen LogP contribution in [0.25, 0.3) is 5.65 Å². The number of rotatable bonds is 1. The molecule has 72 valence electrons. The first-order valence-electron chi connectivity index (χ1n) is 4.26. The minimum absolute atomic E-state index is 0.168. The maximum absolute atomic E-state index is 10.8. The maximum Gasteiger partial charge on any atom is 0.249 e. The number of aryl methyl sites for hydroxylation is 1. The Morgan fingerprint density at radius 3 is 3.00 bits per heavy atom. The Morgan fingerprint density at radius 2 is 2.36 bits per heavy atom. The molecule has 2 aromatic rings. The summed E-state index contributed by atoms with van der Waals surface area (Å²) in [6.45, 7) is 3.38. The molecule has 5 heteroatoms. The van der Waals surface area contributed by atoms with E-state index in [1.54, 1.807) is 10.7 Å². The molecule has 0 saturated heterocycles.